The lowest BCUT2D eigenvalue weighted by Gasteiger charge is -2.28. The number of nitrogens with zero attached hydrogens (tertiary/aromatic N) is 5. The van der Waals surface area contributed by atoms with Gasteiger partial charge in [0.15, 0.2) is 11.4 Å². The Kier molecular flexibility index (Phi) is 4.96. The normalized spacial score (nSPS) is 14.4. The van der Waals surface area contributed by atoms with Crippen molar-refractivity contribution in [3.63, 3.8) is 0 Å². The number of benzene rings is 1. The summed E-state index contributed by atoms with van der Waals surface area (Å²) in [6.45, 7) is 1.77. The van der Waals surface area contributed by atoms with E-state index in [1.807, 2.05) is 23.9 Å². The zero-order valence-electron chi connectivity index (χ0n) is 16.0. The van der Waals surface area contributed by atoms with Gasteiger partial charge in [0.1, 0.15) is 23.0 Å². The number of hydrogen-bond donors (Lipinski definition) is 2. The minimum atomic E-state index is -0.279. The molecule has 0 amide bonds. The number of hydrogen-bond acceptors (Lipinski definition) is 7. The molecule has 1 aliphatic rings. The maximum atomic E-state index is 13.1. The van der Waals surface area contributed by atoms with Crippen LogP contribution < -0.4 is 4.90 Å². The standard InChI is InChI=1S/C21H19FN6OS/c22-14-5-3-13(4-6-14)12-16-24-20(27-26-16)18-19(29)17-15(2-1-7-23-17)21(25-18)28-8-10-30-11-9-28/h1-7,29H,8-12H2,(H,24,26,27). The van der Waals surface area contributed by atoms with Crippen molar-refractivity contribution in [1.82, 2.24) is 25.1 Å². The van der Waals surface area contributed by atoms with Crippen LogP contribution >= 0.6 is 11.8 Å². The summed E-state index contributed by atoms with van der Waals surface area (Å²) in [5, 5.41) is 18.9. The third-order valence-corrected chi connectivity index (χ3v) is 6.00. The first-order valence-electron chi connectivity index (χ1n) is 9.65. The van der Waals surface area contributed by atoms with E-state index >= 15 is 0 Å². The van der Waals surface area contributed by atoms with Gasteiger partial charge in [-0.15, -0.1) is 0 Å². The summed E-state index contributed by atoms with van der Waals surface area (Å²) in [6.07, 6.45) is 2.12. The summed E-state index contributed by atoms with van der Waals surface area (Å²) in [5.41, 5.74) is 1.69. The third kappa shape index (κ3) is 3.56. The summed E-state index contributed by atoms with van der Waals surface area (Å²) in [7, 11) is 0. The van der Waals surface area contributed by atoms with Crippen LogP contribution in [0.1, 0.15) is 11.4 Å². The van der Waals surface area contributed by atoms with E-state index in [-0.39, 0.29) is 11.6 Å². The number of rotatable bonds is 4. The molecule has 7 nitrogen and oxygen atoms in total. The fourth-order valence-corrected chi connectivity index (χ4v) is 4.46. The number of H-pyrrole nitrogens is 1. The first-order valence-corrected chi connectivity index (χ1v) is 10.8. The van der Waals surface area contributed by atoms with Crippen LogP contribution in [0.5, 0.6) is 5.75 Å². The van der Waals surface area contributed by atoms with Gasteiger partial charge < -0.3 is 10.0 Å². The van der Waals surface area contributed by atoms with Gasteiger partial charge in [-0.25, -0.2) is 14.4 Å². The van der Waals surface area contributed by atoms with Gasteiger partial charge in [-0.1, -0.05) is 12.1 Å². The van der Waals surface area contributed by atoms with Crippen molar-refractivity contribution in [1.29, 1.82) is 0 Å². The van der Waals surface area contributed by atoms with Crippen LogP contribution in [0.3, 0.4) is 0 Å². The molecule has 152 valence electrons. The number of thioether (sulfide) groups is 1. The van der Waals surface area contributed by atoms with E-state index in [9.17, 15) is 9.50 Å². The van der Waals surface area contributed by atoms with Crippen molar-refractivity contribution in [2.45, 2.75) is 6.42 Å². The topological polar surface area (TPSA) is 90.8 Å². The average molecular weight is 422 g/mol. The maximum Gasteiger partial charge on any atom is 0.203 e. The third-order valence-electron chi connectivity index (χ3n) is 5.05. The summed E-state index contributed by atoms with van der Waals surface area (Å²) in [6, 6.07) is 10.0. The van der Waals surface area contributed by atoms with E-state index in [1.54, 1.807) is 18.3 Å². The van der Waals surface area contributed by atoms with Crippen molar-refractivity contribution < 1.29 is 9.50 Å². The van der Waals surface area contributed by atoms with E-state index in [4.69, 9.17) is 4.98 Å². The van der Waals surface area contributed by atoms with Gasteiger partial charge in [0.05, 0.1) is 0 Å². The highest BCUT2D eigenvalue weighted by Crippen LogP contribution is 2.37. The number of halogens is 1. The predicted octanol–water partition coefficient (Wildman–Crippen LogP) is 3.40. The van der Waals surface area contributed by atoms with Gasteiger partial charge in [-0.05, 0) is 29.8 Å². The minimum absolute atomic E-state index is 0.0342. The molecule has 1 fully saturated rings. The molecule has 1 saturated heterocycles. The lowest BCUT2D eigenvalue weighted by Crippen LogP contribution is -2.33. The molecule has 1 aliphatic heterocycles. The van der Waals surface area contributed by atoms with E-state index in [1.165, 1.54) is 12.1 Å². The Balaban J connectivity index is 1.55. The van der Waals surface area contributed by atoms with Gasteiger partial charge in [-0.3, -0.25) is 10.1 Å². The van der Waals surface area contributed by atoms with Crippen LogP contribution in [0, 0.1) is 5.82 Å². The number of aromatic hydroxyl groups is 1. The summed E-state index contributed by atoms with van der Waals surface area (Å²) >= 11 is 1.92. The average Bonchev–Trinajstić information content (AvgIpc) is 3.25. The van der Waals surface area contributed by atoms with Crippen LogP contribution in [-0.2, 0) is 6.42 Å². The molecule has 9 heteroatoms. The molecule has 30 heavy (non-hydrogen) atoms. The molecule has 4 heterocycles. The summed E-state index contributed by atoms with van der Waals surface area (Å²) in [4.78, 5) is 15.9. The highest BCUT2D eigenvalue weighted by atomic mass is 32.2. The van der Waals surface area contributed by atoms with Gasteiger partial charge >= 0.3 is 0 Å². The SMILES string of the molecule is Oc1c(-c2n[nH]c(Cc3ccc(F)cc3)n2)nc(N2CCSCC2)c2cccnc12. The number of fused-ring (bicyclic) bond motifs is 1. The number of aromatic amines is 1. The molecular formula is C21H19FN6OS. The Bertz CT molecular complexity index is 1190. The van der Waals surface area contributed by atoms with Crippen LogP contribution in [0.2, 0.25) is 0 Å². The Morgan fingerprint density at radius 1 is 1.10 bits per heavy atom. The number of nitrogens with one attached hydrogen (secondary N) is 1. The fraction of sp³-hybridized carbons (Fsp3) is 0.238. The monoisotopic (exact) mass is 422 g/mol. The quantitative estimate of drug-likeness (QED) is 0.521. The molecule has 1 aromatic carbocycles. The Morgan fingerprint density at radius 3 is 2.70 bits per heavy atom. The van der Waals surface area contributed by atoms with Gasteiger partial charge in [0.25, 0.3) is 0 Å². The van der Waals surface area contributed by atoms with E-state index in [0.717, 1.165) is 41.4 Å². The molecule has 0 bridgehead atoms. The molecule has 5 rings (SSSR count). The lowest BCUT2D eigenvalue weighted by molar-refractivity contribution is 0.479. The highest BCUT2D eigenvalue weighted by molar-refractivity contribution is 7.99. The molecular weight excluding hydrogens is 403 g/mol. The van der Waals surface area contributed by atoms with E-state index in [0.29, 0.717) is 29.3 Å². The van der Waals surface area contributed by atoms with Crippen LogP contribution in [-0.4, -0.2) is 54.9 Å². The van der Waals surface area contributed by atoms with Crippen molar-refractivity contribution in [3.8, 4) is 17.3 Å². The smallest absolute Gasteiger partial charge is 0.203 e. The first kappa shape index (κ1) is 18.8. The molecule has 2 N–H and O–H groups in total. The molecule has 0 saturated carbocycles. The van der Waals surface area contributed by atoms with Crippen molar-refractivity contribution in [2.24, 2.45) is 0 Å². The second kappa shape index (κ2) is 7.91. The summed E-state index contributed by atoms with van der Waals surface area (Å²) in [5.74, 6) is 3.45. The zero-order chi connectivity index (χ0) is 20.5. The molecule has 3 aromatic heterocycles. The van der Waals surface area contributed by atoms with Gasteiger partial charge in [0.2, 0.25) is 5.82 Å². The molecule has 0 spiro atoms. The molecule has 0 unspecified atom stereocenters. The number of aromatic nitrogens is 5. The van der Waals surface area contributed by atoms with E-state index in [2.05, 4.69) is 25.1 Å². The maximum absolute atomic E-state index is 13.1. The Hall–Kier alpha value is -3.20. The molecule has 0 atom stereocenters. The number of anilines is 1. The fourth-order valence-electron chi connectivity index (χ4n) is 3.55. The van der Waals surface area contributed by atoms with Gasteiger partial charge in [0, 0.05) is 42.6 Å². The predicted molar refractivity (Wildman–Crippen MR) is 115 cm³/mol. The van der Waals surface area contributed by atoms with Crippen molar-refractivity contribution >= 4 is 28.5 Å². The highest BCUT2D eigenvalue weighted by Gasteiger charge is 2.23. The Labute approximate surface area is 176 Å². The molecule has 4 aromatic rings. The zero-order valence-corrected chi connectivity index (χ0v) is 16.9. The van der Waals surface area contributed by atoms with Crippen molar-refractivity contribution in [3.05, 3.63) is 59.8 Å². The van der Waals surface area contributed by atoms with Gasteiger partial charge in [-0.2, -0.15) is 16.9 Å². The lowest BCUT2D eigenvalue weighted by atomic mass is 10.1. The van der Waals surface area contributed by atoms with Crippen LogP contribution in [0.4, 0.5) is 10.2 Å². The molecule has 0 aliphatic carbocycles. The van der Waals surface area contributed by atoms with Crippen LogP contribution in [0.15, 0.2) is 42.6 Å². The Morgan fingerprint density at radius 2 is 1.90 bits per heavy atom. The van der Waals surface area contributed by atoms with Crippen LogP contribution in [0.25, 0.3) is 22.4 Å². The summed E-state index contributed by atoms with van der Waals surface area (Å²) < 4.78 is 13.1. The largest absolute Gasteiger partial charge is 0.504 e. The van der Waals surface area contributed by atoms with E-state index < -0.39 is 0 Å². The minimum Gasteiger partial charge on any atom is -0.504 e. The second-order valence-electron chi connectivity index (χ2n) is 7.04. The first-order chi connectivity index (χ1) is 14.7. The number of pyridine rings is 2. The second-order valence-corrected chi connectivity index (χ2v) is 8.27. The van der Waals surface area contributed by atoms with Crippen molar-refractivity contribution in [2.75, 3.05) is 29.5 Å². The molecule has 0 radical (unpaired) electrons.